The van der Waals surface area contributed by atoms with Crippen LogP contribution in [-0.2, 0) is 5.41 Å². The average Bonchev–Trinajstić information content (AvgIpc) is 3.60. The second kappa shape index (κ2) is 14.7. The second-order valence-corrected chi connectivity index (χ2v) is 16.0. The van der Waals surface area contributed by atoms with Gasteiger partial charge in [0.2, 0.25) is 0 Å². The molecule has 8 aromatic carbocycles. The van der Waals surface area contributed by atoms with Gasteiger partial charge in [0.05, 0.1) is 5.41 Å². The third-order valence-corrected chi connectivity index (χ3v) is 12.9. The van der Waals surface area contributed by atoms with Crippen molar-refractivity contribution in [1.29, 1.82) is 0 Å². The van der Waals surface area contributed by atoms with Crippen molar-refractivity contribution in [2.24, 2.45) is 5.92 Å². The molecule has 0 heterocycles. The monoisotopic (exact) mass is 754 g/mol. The second-order valence-electron chi connectivity index (χ2n) is 16.0. The quantitative estimate of drug-likeness (QED) is 0.168. The van der Waals surface area contributed by atoms with Crippen LogP contribution in [0.15, 0.2) is 230 Å². The maximum Gasteiger partial charge on any atom is 0.0526 e. The SMILES string of the molecule is C=C1/C=C\C=C/C(C)C2(C(=C/C)/C1=C\C)c1ccccc1-c1cc3c(-c4cccc5ccccc45)ccc(-c4ccc(-c5cccc(-c6ccccc6)c5)cc4)c3cc12. The molecular formula is C59H46. The number of allylic oxidation sites excluding steroid dienone is 9. The summed E-state index contributed by atoms with van der Waals surface area (Å²) in [4.78, 5) is 0. The number of benzene rings is 8. The van der Waals surface area contributed by atoms with E-state index in [2.05, 4.69) is 234 Å². The predicted octanol–water partition coefficient (Wildman–Crippen LogP) is 16.1. The topological polar surface area (TPSA) is 0 Å². The lowest BCUT2D eigenvalue weighted by Gasteiger charge is -2.40. The van der Waals surface area contributed by atoms with Crippen LogP contribution < -0.4 is 0 Å². The summed E-state index contributed by atoms with van der Waals surface area (Å²) in [5.41, 5.74) is 18.2. The van der Waals surface area contributed by atoms with Gasteiger partial charge in [-0.2, -0.15) is 0 Å². The maximum absolute atomic E-state index is 4.59. The van der Waals surface area contributed by atoms with Crippen LogP contribution in [0.3, 0.4) is 0 Å². The highest BCUT2D eigenvalue weighted by Gasteiger charge is 2.50. The normalized spacial score (nSPS) is 19.7. The van der Waals surface area contributed by atoms with Crippen LogP contribution in [-0.4, -0.2) is 0 Å². The molecule has 0 bridgehead atoms. The Morgan fingerprint density at radius 3 is 1.86 bits per heavy atom. The van der Waals surface area contributed by atoms with Crippen molar-refractivity contribution >= 4 is 21.5 Å². The van der Waals surface area contributed by atoms with Crippen LogP contribution in [0.5, 0.6) is 0 Å². The Hall–Kier alpha value is -7.02. The molecule has 2 atom stereocenters. The van der Waals surface area contributed by atoms with Crippen molar-refractivity contribution in [3.63, 3.8) is 0 Å². The van der Waals surface area contributed by atoms with Gasteiger partial charge in [0, 0.05) is 0 Å². The highest BCUT2D eigenvalue weighted by Crippen LogP contribution is 2.60. The van der Waals surface area contributed by atoms with E-state index in [0.717, 1.165) is 5.57 Å². The van der Waals surface area contributed by atoms with Crippen molar-refractivity contribution in [3.8, 4) is 55.6 Å². The van der Waals surface area contributed by atoms with Gasteiger partial charge in [-0.05, 0) is 143 Å². The van der Waals surface area contributed by atoms with Crippen molar-refractivity contribution in [2.75, 3.05) is 0 Å². The fraction of sp³-hybridized carbons (Fsp3) is 0.0847. The first-order valence-electron chi connectivity index (χ1n) is 20.8. The number of rotatable bonds is 4. The molecule has 59 heavy (non-hydrogen) atoms. The minimum absolute atomic E-state index is 0.148. The minimum atomic E-state index is -0.442. The van der Waals surface area contributed by atoms with Gasteiger partial charge in [0.1, 0.15) is 0 Å². The van der Waals surface area contributed by atoms with Gasteiger partial charge in [-0.25, -0.2) is 0 Å². The molecule has 0 N–H and O–H groups in total. The molecule has 8 aromatic rings. The zero-order valence-corrected chi connectivity index (χ0v) is 33.9. The zero-order chi connectivity index (χ0) is 40.1. The summed E-state index contributed by atoms with van der Waals surface area (Å²) in [5, 5.41) is 5.02. The van der Waals surface area contributed by atoms with Crippen molar-refractivity contribution in [1.82, 2.24) is 0 Å². The van der Waals surface area contributed by atoms with Crippen LogP contribution >= 0.6 is 0 Å². The summed E-state index contributed by atoms with van der Waals surface area (Å²) in [5.74, 6) is 0.148. The first kappa shape index (κ1) is 36.3. The van der Waals surface area contributed by atoms with E-state index in [9.17, 15) is 0 Å². The van der Waals surface area contributed by atoms with Gasteiger partial charge >= 0.3 is 0 Å². The molecule has 282 valence electrons. The summed E-state index contributed by atoms with van der Waals surface area (Å²) in [6.45, 7) is 11.3. The highest BCUT2D eigenvalue weighted by atomic mass is 14.5. The molecule has 10 rings (SSSR count). The Morgan fingerprint density at radius 1 is 0.458 bits per heavy atom. The van der Waals surface area contributed by atoms with Crippen LogP contribution in [0.1, 0.15) is 31.9 Å². The Labute approximate surface area is 348 Å². The molecule has 0 radical (unpaired) electrons. The molecule has 0 nitrogen and oxygen atoms in total. The van der Waals surface area contributed by atoms with E-state index in [-0.39, 0.29) is 5.92 Å². The van der Waals surface area contributed by atoms with Crippen LogP contribution in [0.4, 0.5) is 0 Å². The standard InChI is InChI=1S/C59H46/c1-5-47-39(3)18-10-11-19-40(4)59(56(47)6-2)57-29-15-14-27-52(57)55-37-53-51(50-28-17-23-43-22-12-13-26-48(43)50)35-34-49(54(53)38-58(55)59)44-32-30-42(31-33-44)46-25-16-24-45(36-46)41-20-8-7-9-21-41/h5-38,40H,3H2,1-2,4H3/b18-10-,19-11-,47-5-,56-6+. The molecule has 1 spiro atoms. The molecule has 2 aliphatic rings. The number of hydrogen-bond donors (Lipinski definition) is 0. The zero-order valence-electron chi connectivity index (χ0n) is 33.9. The van der Waals surface area contributed by atoms with E-state index in [1.165, 1.54) is 99.5 Å². The van der Waals surface area contributed by atoms with E-state index >= 15 is 0 Å². The molecule has 0 heteroatoms. The third kappa shape index (κ3) is 5.82. The van der Waals surface area contributed by atoms with E-state index in [1.54, 1.807) is 0 Å². The Balaban J connectivity index is 1.24. The van der Waals surface area contributed by atoms with E-state index in [4.69, 9.17) is 0 Å². The van der Waals surface area contributed by atoms with Gasteiger partial charge < -0.3 is 0 Å². The highest BCUT2D eigenvalue weighted by molar-refractivity contribution is 6.12. The fourth-order valence-electron chi connectivity index (χ4n) is 10.2. The fourth-order valence-corrected chi connectivity index (χ4v) is 10.2. The van der Waals surface area contributed by atoms with Crippen molar-refractivity contribution in [2.45, 2.75) is 26.2 Å². The molecule has 0 saturated carbocycles. The van der Waals surface area contributed by atoms with Crippen LogP contribution in [0.2, 0.25) is 0 Å². The van der Waals surface area contributed by atoms with E-state index in [1.807, 2.05) is 0 Å². The van der Waals surface area contributed by atoms with Crippen LogP contribution in [0.25, 0.3) is 77.2 Å². The van der Waals surface area contributed by atoms with Crippen molar-refractivity contribution in [3.05, 3.63) is 241 Å². The Morgan fingerprint density at radius 2 is 1.07 bits per heavy atom. The third-order valence-electron chi connectivity index (χ3n) is 12.9. The molecule has 0 aromatic heterocycles. The first-order valence-corrected chi connectivity index (χ1v) is 20.8. The lowest BCUT2D eigenvalue weighted by Crippen LogP contribution is -2.35. The largest absolute Gasteiger partial charge is 0.0912 e. The molecule has 2 unspecified atom stereocenters. The maximum atomic E-state index is 4.59. The molecular weight excluding hydrogens is 709 g/mol. The summed E-state index contributed by atoms with van der Waals surface area (Å²) >= 11 is 0. The first-order chi connectivity index (χ1) is 29.0. The number of hydrogen-bond acceptors (Lipinski definition) is 0. The van der Waals surface area contributed by atoms with Crippen molar-refractivity contribution < 1.29 is 0 Å². The van der Waals surface area contributed by atoms with E-state index in [0.29, 0.717) is 0 Å². The lowest BCUT2D eigenvalue weighted by atomic mass is 9.61. The Bertz CT molecular complexity index is 3070. The average molecular weight is 755 g/mol. The molecule has 2 aliphatic carbocycles. The van der Waals surface area contributed by atoms with Gasteiger partial charge in [0.25, 0.3) is 0 Å². The summed E-state index contributed by atoms with van der Waals surface area (Å²) in [6.07, 6.45) is 13.5. The van der Waals surface area contributed by atoms with Gasteiger partial charge in [-0.1, -0.05) is 202 Å². The Kier molecular flexibility index (Phi) is 9.07. The molecule has 0 saturated heterocycles. The van der Waals surface area contributed by atoms with Gasteiger partial charge in [-0.3, -0.25) is 0 Å². The lowest BCUT2D eigenvalue weighted by molar-refractivity contribution is 0.488. The summed E-state index contributed by atoms with van der Waals surface area (Å²) in [7, 11) is 0. The predicted molar refractivity (Wildman–Crippen MR) is 254 cm³/mol. The summed E-state index contributed by atoms with van der Waals surface area (Å²) < 4.78 is 0. The molecule has 0 aliphatic heterocycles. The molecule has 0 amide bonds. The summed E-state index contributed by atoms with van der Waals surface area (Å²) in [6, 6.07) is 63.1. The van der Waals surface area contributed by atoms with Gasteiger partial charge in [0.15, 0.2) is 0 Å². The van der Waals surface area contributed by atoms with E-state index < -0.39 is 5.41 Å². The molecule has 0 fully saturated rings. The minimum Gasteiger partial charge on any atom is -0.0912 e. The van der Waals surface area contributed by atoms with Crippen LogP contribution in [0, 0.1) is 5.92 Å². The van der Waals surface area contributed by atoms with Gasteiger partial charge in [-0.15, -0.1) is 0 Å². The number of fused-ring (bicyclic) bond motifs is 7. The smallest absolute Gasteiger partial charge is 0.0526 e.